The molecule has 0 aromatic heterocycles. The Labute approximate surface area is 95.8 Å². The fraction of sp³-hybridized carbons (Fsp3) is 0.800. The monoisotopic (exact) mass is 231 g/mol. The minimum Gasteiger partial charge on any atom is -0.409 e. The number of nitrogens with one attached hydrogen (secondary N) is 1. The number of methoxy groups -OCH3 is 1. The van der Waals surface area contributed by atoms with Gasteiger partial charge in [0.25, 0.3) is 0 Å². The number of oxime groups is 1. The molecule has 0 heterocycles. The third kappa shape index (κ3) is 4.97. The molecule has 0 aliphatic carbocycles. The Morgan fingerprint density at radius 1 is 1.62 bits per heavy atom. The smallest absolute Gasteiger partial charge is 0.230 e. The van der Waals surface area contributed by atoms with Gasteiger partial charge in [0, 0.05) is 7.11 Å². The van der Waals surface area contributed by atoms with Crippen molar-refractivity contribution in [2.75, 3.05) is 13.7 Å². The van der Waals surface area contributed by atoms with Crippen LogP contribution in [-0.4, -0.2) is 36.7 Å². The lowest BCUT2D eigenvalue weighted by Gasteiger charge is -2.19. The van der Waals surface area contributed by atoms with Gasteiger partial charge in [-0.25, -0.2) is 0 Å². The van der Waals surface area contributed by atoms with E-state index >= 15 is 0 Å². The van der Waals surface area contributed by atoms with Crippen molar-refractivity contribution in [1.82, 2.24) is 5.32 Å². The van der Waals surface area contributed by atoms with E-state index in [2.05, 4.69) is 10.5 Å². The first-order chi connectivity index (χ1) is 7.56. The van der Waals surface area contributed by atoms with Crippen molar-refractivity contribution >= 4 is 11.7 Å². The minimum atomic E-state index is -0.638. The van der Waals surface area contributed by atoms with Gasteiger partial charge in [-0.2, -0.15) is 0 Å². The van der Waals surface area contributed by atoms with Crippen molar-refractivity contribution in [2.24, 2.45) is 16.8 Å². The Morgan fingerprint density at radius 2 is 2.25 bits per heavy atom. The van der Waals surface area contributed by atoms with E-state index in [1.807, 2.05) is 6.92 Å². The van der Waals surface area contributed by atoms with Gasteiger partial charge in [0.15, 0.2) is 5.84 Å². The van der Waals surface area contributed by atoms with Gasteiger partial charge in [-0.15, -0.1) is 0 Å². The molecule has 0 saturated heterocycles. The van der Waals surface area contributed by atoms with Crippen molar-refractivity contribution in [3.63, 3.8) is 0 Å². The molecule has 2 unspecified atom stereocenters. The van der Waals surface area contributed by atoms with E-state index in [0.717, 1.165) is 12.8 Å². The molecule has 6 heteroatoms. The number of amides is 1. The lowest BCUT2D eigenvalue weighted by molar-refractivity contribution is -0.123. The summed E-state index contributed by atoms with van der Waals surface area (Å²) in [5.41, 5.74) is 5.35. The fourth-order valence-electron chi connectivity index (χ4n) is 1.29. The molecule has 0 rings (SSSR count). The number of ether oxygens (including phenoxy) is 1. The SMILES string of the molecule is CCCC(COC)NC(=O)C(C)C(N)=NO. The maximum Gasteiger partial charge on any atom is 0.230 e. The Kier molecular flexibility index (Phi) is 7.28. The van der Waals surface area contributed by atoms with Crippen molar-refractivity contribution in [2.45, 2.75) is 32.7 Å². The van der Waals surface area contributed by atoms with Crippen molar-refractivity contribution in [1.29, 1.82) is 0 Å². The zero-order valence-electron chi connectivity index (χ0n) is 10.1. The molecule has 2 atom stereocenters. The van der Waals surface area contributed by atoms with E-state index in [9.17, 15) is 4.79 Å². The number of hydrogen-bond acceptors (Lipinski definition) is 4. The number of rotatable bonds is 7. The second-order valence-corrected chi connectivity index (χ2v) is 3.70. The topological polar surface area (TPSA) is 96.9 Å². The largest absolute Gasteiger partial charge is 0.409 e. The number of amidine groups is 1. The van der Waals surface area contributed by atoms with Gasteiger partial charge in [0.1, 0.15) is 0 Å². The molecule has 0 saturated carbocycles. The lowest BCUT2D eigenvalue weighted by Crippen LogP contribution is -2.44. The lowest BCUT2D eigenvalue weighted by atomic mass is 10.1. The summed E-state index contributed by atoms with van der Waals surface area (Å²) < 4.78 is 5.00. The van der Waals surface area contributed by atoms with Crippen LogP contribution in [0, 0.1) is 5.92 Å². The highest BCUT2D eigenvalue weighted by atomic mass is 16.5. The Bertz CT molecular complexity index is 237. The Hall–Kier alpha value is -1.30. The number of hydrogen-bond donors (Lipinski definition) is 3. The summed E-state index contributed by atoms with van der Waals surface area (Å²) in [6.45, 7) is 4.07. The van der Waals surface area contributed by atoms with Crippen molar-refractivity contribution in [3.8, 4) is 0 Å². The molecular weight excluding hydrogens is 210 g/mol. The molecule has 94 valence electrons. The zero-order valence-corrected chi connectivity index (χ0v) is 10.1. The van der Waals surface area contributed by atoms with Crippen molar-refractivity contribution in [3.05, 3.63) is 0 Å². The van der Waals surface area contributed by atoms with Gasteiger partial charge in [-0.05, 0) is 13.3 Å². The number of carbonyl (C=O) groups is 1. The normalized spacial score (nSPS) is 15.6. The zero-order chi connectivity index (χ0) is 12.6. The van der Waals surface area contributed by atoms with E-state index in [0.29, 0.717) is 6.61 Å². The van der Waals surface area contributed by atoms with E-state index in [1.165, 1.54) is 0 Å². The van der Waals surface area contributed by atoms with Crippen LogP contribution in [0.25, 0.3) is 0 Å². The Morgan fingerprint density at radius 3 is 2.69 bits per heavy atom. The molecule has 16 heavy (non-hydrogen) atoms. The van der Waals surface area contributed by atoms with Crippen LogP contribution in [0.1, 0.15) is 26.7 Å². The third-order valence-corrected chi connectivity index (χ3v) is 2.30. The van der Waals surface area contributed by atoms with Crippen LogP contribution in [0.3, 0.4) is 0 Å². The molecule has 0 bridgehead atoms. The summed E-state index contributed by atoms with van der Waals surface area (Å²) >= 11 is 0. The van der Waals surface area contributed by atoms with Gasteiger partial charge < -0.3 is 21.0 Å². The first-order valence-corrected chi connectivity index (χ1v) is 5.33. The van der Waals surface area contributed by atoms with Crippen LogP contribution < -0.4 is 11.1 Å². The average molecular weight is 231 g/mol. The molecular formula is C10H21N3O3. The van der Waals surface area contributed by atoms with Crippen LogP contribution in [-0.2, 0) is 9.53 Å². The average Bonchev–Trinajstić information content (AvgIpc) is 2.27. The summed E-state index contributed by atoms with van der Waals surface area (Å²) in [7, 11) is 1.59. The highest BCUT2D eigenvalue weighted by molar-refractivity contribution is 6.01. The molecule has 0 aromatic rings. The molecule has 0 radical (unpaired) electrons. The van der Waals surface area contributed by atoms with Crippen LogP contribution >= 0.6 is 0 Å². The molecule has 0 aromatic carbocycles. The summed E-state index contributed by atoms with van der Waals surface area (Å²) in [4.78, 5) is 11.7. The summed E-state index contributed by atoms with van der Waals surface area (Å²) in [5, 5.41) is 14.1. The number of nitrogens with two attached hydrogens (primary N) is 1. The van der Waals surface area contributed by atoms with E-state index < -0.39 is 5.92 Å². The van der Waals surface area contributed by atoms with Crippen LogP contribution in [0.2, 0.25) is 0 Å². The predicted octanol–water partition coefficient (Wildman–Crippen LogP) is 0.300. The van der Waals surface area contributed by atoms with Crippen molar-refractivity contribution < 1.29 is 14.7 Å². The van der Waals surface area contributed by atoms with Gasteiger partial charge in [0.05, 0.1) is 18.6 Å². The highest BCUT2D eigenvalue weighted by Crippen LogP contribution is 2.01. The van der Waals surface area contributed by atoms with E-state index in [1.54, 1.807) is 14.0 Å². The molecule has 0 spiro atoms. The van der Waals surface area contributed by atoms with Crippen LogP contribution in [0.15, 0.2) is 5.16 Å². The molecule has 0 aliphatic rings. The molecule has 1 amide bonds. The maximum absolute atomic E-state index is 11.7. The van der Waals surface area contributed by atoms with Gasteiger partial charge in [-0.1, -0.05) is 18.5 Å². The second-order valence-electron chi connectivity index (χ2n) is 3.70. The summed E-state index contributed by atoms with van der Waals surface area (Å²) in [6, 6.07) is -0.0311. The molecule has 4 N–H and O–H groups in total. The first kappa shape index (κ1) is 14.7. The fourth-order valence-corrected chi connectivity index (χ4v) is 1.29. The van der Waals surface area contributed by atoms with Crippen LogP contribution in [0.4, 0.5) is 0 Å². The van der Waals surface area contributed by atoms with Gasteiger partial charge in [-0.3, -0.25) is 4.79 Å². The highest BCUT2D eigenvalue weighted by Gasteiger charge is 2.20. The maximum atomic E-state index is 11.7. The summed E-state index contributed by atoms with van der Waals surface area (Å²) in [5.74, 6) is -0.989. The minimum absolute atomic E-state index is 0.0311. The number of nitrogens with zero attached hydrogens (tertiary/aromatic N) is 1. The van der Waals surface area contributed by atoms with Gasteiger partial charge in [0.2, 0.25) is 5.91 Å². The quantitative estimate of drug-likeness (QED) is 0.254. The summed E-state index contributed by atoms with van der Waals surface area (Å²) in [6.07, 6.45) is 1.79. The van der Waals surface area contributed by atoms with E-state index in [-0.39, 0.29) is 17.8 Å². The Balaban J connectivity index is 4.27. The number of carbonyl (C=O) groups excluding carboxylic acids is 1. The molecule has 0 fully saturated rings. The second kappa shape index (κ2) is 7.92. The molecule has 0 aliphatic heterocycles. The molecule has 6 nitrogen and oxygen atoms in total. The van der Waals surface area contributed by atoms with E-state index in [4.69, 9.17) is 15.7 Å². The standard InChI is InChI=1S/C10H21N3O3/c1-4-5-8(6-16-3)12-10(14)7(2)9(11)13-15/h7-8,15H,4-6H2,1-3H3,(H2,11,13)(H,12,14). The first-order valence-electron chi connectivity index (χ1n) is 5.33. The van der Waals surface area contributed by atoms with Gasteiger partial charge >= 0.3 is 0 Å². The van der Waals surface area contributed by atoms with Crippen LogP contribution in [0.5, 0.6) is 0 Å². The predicted molar refractivity (Wildman–Crippen MR) is 61.3 cm³/mol. The third-order valence-electron chi connectivity index (χ3n) is 2.30.